The van der Waals surface area contributed by atoms with E-state index in [-0.39, 0.29) is 5.91 Å². The Labute approximate surface area is 123 Å². The number of hydrogen-bond acceptors (Lipinski definition) is 2. The SMILES string of the molecule is O=C1NCc2c(OCc3ccc4c(c3)CCC4)cccc21. The molecule has 0 bridgehead atoms. The molecule has 0 aromatic heterocycles. The maximum absolute atomic E-state index is 11.7. The quantitative estimate of drug-likeness (QED) is 0.938. The summed E-state index contributed by atoms with van der Waals surface area (Å²) in [7, 11) is 0. The second kappa shape index (κ2) is 4.92. The molecule has 1 heterocycles. The molecule has 0 unspecified atom stereocenters. The van der Waals surface area contributed by atoms with Crippen molar-refractivity contribution in [1.29, 1.82) is 0 Å². The van der Waals surface area contributed by atoms with Crippen molar-refractivity contribution >= 4 is 5.91 Å². The number of fused-ring (bicyclic) bond motifs is 2. The maximum Gasteiger partial charge on any atom is 0.252 e. The number of rotatable bonds is 3. The molecule has 1 aliphatic heterocycles. The van der Waals surface area contributed by atoms with Gasteiger partial charge in [0.15, 0.2) is 0 Å². The monoisotopic (exact) mass is 279 g/mol. The molecule has 1 amide bonds. The summed E-state index contributed by atoms with van der Waals surface area (Å²) in [6.45, 7) is 1.12. The van der Waals surface area contributed by atoms with Crippen LogP contribution in [0.5, 0.6) is 5.75 Å². The first-order valence-corrected chi connectivity index (χ1v) is 7.45. The molecular weight excluding hydrogens is 262 g/mol. The van der Waals surface area contributed by atoms with E-state index >= 15 is 0 Å². The van der Waals surface area contributed by atoms with Crippen LogP contribution in [0, 0.1) is 0 Å². The Bertz CT molecular complexity index is 721. The number of amides is 1. The molecule has 3 heteroatoms. The summed E-state index contributed by atoms with van der Waals surface area (Å²) in [6, 6.07) is 12.3. The van der Waals surface area contributed by atoms with E-state index in [0.717, 1.165) is 16.9 Å². The van der Waals surface area contributed by atoms with Gasteiger partial charge in [-0.15, -0.1) is 0 Å². The number of aryl methyl sites for hydroxylation is 2. The Hall–Kier alpha value is -2.29. The first kappa shape index (κ1) is 12.5. The maximum atomic E-state index is 11.7. The number of carbonyl (C=O) groups is 1. The lowest BCUT2D eigenvalue weighted by Gasteiger charge is -2.11. The molecule has 2 aromatic rings. The second-order valence-corrected chi connectivity index (χ2v) is 5.71. The summed E-state index contributed by atoms with van der Waals surface area (Å²) in [6.07, 6.45) is 3.65. The smallest absolute Gasteiger partial charge is 0.252 e. The van der Waals surface area contributed by atoms with Crippen molar-refractivity contribution in [2.75, 3.05) is 0 Å². The third kappa shape index (κ3) is 2.19. The molecule has 2 aliphatic rings. The number of carbonyl (C=O) groups excluding carboxylic acids is 1. The van der Waals surface area contributed by atoms with Gasteiger partial charge in [0.25, 0.3) is 5.91 Å². The van der Waals surface area contributed by atoms with Gasteiger partial charge in [0, 0.05) is 17.7 Å². The summed E-state index contributed by atoms with van der Waals surface area (Å²) in [5, 5.41) is 2.84. The molecule has 21 heavy (non-hydrogen) atoms. The van der Waals surface area contributed by atoms with E-state index in [0.29, 0.717) is 13.2 Å². The van der Waals surface area contributed by atoms with Gasteiger partial charge in [-0.3, -0.25) is 4.79 Å². The predicted molar refractivity (Wildman–Crippen MR) is 80.4 cm³/mol. The Morgan fingerprint density at radius 3 is 2.95 bits per heavy atom. The zero-order valence-corrected chi connectivity index (χ0v) is 11.8. The number of nitrogens with one attached hydrogen (secondary N) is 1. The third-order valence-corrected chi connectivity index (χ3v) is 4.36. The summed E-state index contributed by atoms with van der Waals surface area (Å²) < 4.78 is 5.95. The van der Waals surface area contributed by atoms with Crippen molar-refractivity contribution in [1.82, 2.24) is 5.32 Å². The van der Waals surface area contributed by atoms with Gasteiger partial charge in [0.2, 0.25) is 0 Å². The summed E-state index contributed by atoms with van der Waals surface area (Å²) in [5.74, 6) is 0.805. The Balaban J connectivity index is 1.54. The molecule has 1 N–H and O–H groups in total. The van der Waals surface area contributed by atoms with Crippen LogP contribution in [0.25, 0.3) is 0 Å². The minimum absolute atomic E-state index is 0.00650. The van der Waals surface area contributed by atoms with E-state index in [4.69, 9.17) is 4.74 Å². The van der Waals surface area contributed by atoms with Crippen molar-refractivity contribution in [2.45, 2.75) is 32.4 Å². The molecule has 0 atom stereocenters. The van der Waals surface area contributed by atoms with Gasteiger partial charge in [0.05, 0.1) is 0 Å². The molecule has 1 aliphatic carbocycles. The summed E-state index contributed by atoms with van der Waals surface area (Å²) in [4.78, 5) is 11.7. The third-order valence-electron chi connectivity index (χ3n) is 4.36. The van der Waals surface area contributed by atoms with Crippen LogP contribution in [-0.2, 0) is 26.0 Å². The van der Waals surface area contributed by atoms with Gasteiger partial charge in [-0.25, -0.2) is 0 Å². The van der Waals surface area contributed by atoms with E-state index in [9.17, 15) is 4.79 Å². The fourth-order valence-electron chi connectivity index (χ4n) is 3.24. The molecule has 0 spiro atoms. The fraction of sp³-hybridized carbons (Fsp3) is 0.278. The minimum atomic E-state index is -0.00650. The van der Waals surface area contributed by atoms with Gasteiger partial charge < -0.3 is 10.1 Å². The molecule has 0 fully saturated rings. The molecule has 4 rings (SSSR count). The topological polar surface area (TPSA) is 38.3 Å². The predicted octanol–water partition coefficient (Wildman–Crippen LogP) is 3.00. The average molecular weight is 279 g/mol. The van der Waals surface area contributed by atoms with Crippen molar-refractivity contribution in [3.05, 3.63) is 64.2 Å². The average Bonchev–Trinajstić information content (AvgIpc) is 3.12. The Kier molecular flexibility index (Phi) is 2.92. The van der Waals surface area contributed by atoms with Crippen LogP contribution >= 0.6 is 0 Å². The minimum Gasteiger partial charge on any atom is -0.489 e. The largest absolute Gasteiger partial charge is 0.489 e. The lowest BCUT2D eigenvalue weighted by Crippen LogP contribution is -2.12. The standard InChI is InChI=1S/C18H17NO2/c20-18-15-5-2-6-17(16(15)10-19-18)21-11-12-7-8-13-3-1-4-14(13)9-12/h2,5-9H,1,3-4,10-11H2,(H,19,20). The Morgan fingerprint density at radius 2 is 2.00 bits per heavy atom. The van der Waals surface area contributed by atoms with Crippen LogP contribution in [0.15, 0.2) is 36.4 Å². The van der Waals surface area contributed by atoms with Gasteiger partial charge in [-0.2, -0.15) is 0 Å². The molecular formula is C18H17NO2. The van der Waals surface area contributed by atoms with E-state index in [2.05, 4.69) is 23.5 Å². The van der Waals surface area contributed by atoms with Gasteiger partial charge in [0.1, 0.15) is 12.4 Å². The highest BCUT2D eigenvalue weighted by molar-refractivity contribution is 5.99. The van der Waals surface area contributed by atoms with Gasteiger partial charge in [-0.1, -0.05) is 24.3 Å². The highest BCUT2D eigenvalue weighted by atomic mass is 16.5. The first-order chi connectivity index (χ1) is 10.3. The van der Waals surface area contributed by atoms with Crippen molar-refractivity contribution < 1.29 is 9.53 Å². The zero-order chi connectivity index (χ0) is 14.2. The van der Waals surface area contributed by atoms with Crippen LogP contribution in [0.2, 0.25) is 0 Å². The van der Waals surface area contributed by atoms with E-state index < -0.39 is 0 Å². The normalized spacial score (nSPS) is 15.5. The first-order valence-electron chi connectivity index (χ1n) is 7.45. The van der Waals surface area contributed by atoms with Gasteiger partial charge >= 0.3 is 0 Å². The number of hydrogen-bond donors (Lipinski definition) is 1. The molecule has 2 aromatic carbocycles. The molecule has 0 saturated heterocycles. The highest BCUT2D eigenvalue weighted by Crippen LogP contribution is 2.28. The summed E-state index contributed by atoms with van der Waals surface area (Å²) in [5.41, 5.74) is 5.86. The van der Waals surface area contributed by atoms with Crippen LogP contribution in [0.4, 0.5) is 0 Å². The lowest BCUT2D eigenvalue weighted by molar-refractivity contribution is 0.0966. The lowest BCUT2D eigenvalue weighted by atomic mass is 10.1. The van der Waals surface area contributed by atoms with E-state index in [1.165, 1.54) is 36.0 Å². The van der Waals surface area contributed by atoms with Crippen LogP contribution in [-0.4, -0.2) is 5.91 Å². The van der Waals surface area contributed by atoms with Crippen LogP contribution in [0.3, 0.4) is 0 Å². The fourth-order valence-corrected chi connectivity index (χ4v) is 3.24. The van der Waals surface area contributed by atoms with Crippen molar-refractivity contribution in [2.24, 2.45) is 0 Å². The molecule has 3 nitrogen and oxygen atoms in total. The molecule has 0 saturated carbocycles. The highest BCUT2D eigenvalue weighted by Gasteiger charge is 2.22. The number of ether oxygens (including phenoxy) is 1. The van der Waals surface area contributed by atoms with Crippen molar-refractivity contribution in [3.8, 4) is 5.75 Å². The summed E-state index contributed by atoms with van der Waals surface area (Å²) >= 11 is 0. The van der Waals surface area contributed by atoms with Crippen LogP contribution < -0.4 is 10.1 Å². The second-order valence-electron chi connectivity index (χ2n) is 5.71. The zero-order valence-electron chi connectivity index (χ0n) is 11.8. The van der Waals surface area contributed by atoms with Gasteiger partial charge in [-0.05, 0) is 48.1 Å². The van der Waals surface area contributed by atoms with Crippen molar-refractivity contribution in [3.63, 3.8) is 0 Å². The Morgan fingerprint density at radius 1 is 1.10 bits per heavy atom. The molecule has 0 radical (unpaired) electrons. The van der Waals surface area contributed by atoms with E-state index in [1.807, 2.05) is 18.2 Å². The van der Waals surface area contributed by atoms with E-state index in [1.54, 1.807) is 0 Å². The number of benzene rings is 2. The molecule has 106 valence electrons. The van der Waals surface area contributed by atoms with Crippen LogP contribution in [0.1, 0.15) is 39.0 Å².